The molecule has 0 aliphatic carbocycles. The molecule has 0 spiro atoms. The first-order chi connectivity index (χ1) is 16.0. The molecule has 33 heavy (non-hydrogen) atoms. The van der Waals surface area contributed by atoms with Gasteiger partial charge in [-0.2, -0.15) is 0 Å². The smallest absolute Gasteiger partial charge is 0.134 e. The lowest BCUT2D eigenvalue weighted by molar-refractivity contribution is 0.313. The molecule has 170 valence electrons. The molecule has 0 bridgehead atoms. The number of nitrogens with one attached hydrogen (secondary N) is 1. The van der Waals surface area contributed by atoms with Gasteiger partial charge in [0.05, 0.1) is 17.1 Å². The number of aromatic nitrogens is 3. The zero-order valence-electron chi connectivity index (χ0n) is 19.5. The van der Waals surface area contributed by atoms with Gasteiger partial charge in [0, 0.05) is 67.6 Å². The molecule has 1 aliphatic heterocycles. The Bertz CT molecular complexity index is 1290. The van der Waals surface area contributed by atoms with Crippen LogP contribution >= 0.6 is 0 Å². The second kappa shape index (κ2) is 8.75. The van der Waals surface area contributed by atoms with E-state index in [1.54, 1.807) is 6.33 Å². The second-order valence-electron chi connectivity index (χ2n) is 8.83. The third-order valence-electron chi connectivity index (χ3n) is 6.59. The number of aryl methyl sites for hydroxylation is 2. The van der Waals surface area contributed by atoms with Crippen molar-refractivity contribution in [2.45, 2.75) is 13.3 Å². The highest BCUT2D eigenvalue weighted by Crippen LogP contribution is 2.33. The van der Waals surface area contributed by atoms with Crippen molar-refractivity contribution in [3.8, 4) is 11.3 Å². The molecule has 0 amide bonds. The Morgan fingerprint density at radius 3 is 2.58 bits per heavy atom. The van der Waals surface area contributed by atoms with E-state index in [1.807, 2.05) is 12.1 Å². The largest absolute Gasteiger partial charge is 0.397 e. The topological polar surface area (TPSA) is 75.2 Å². The van der Waals surface area contributed by atoms with E-state index in [1.165, 1.54) is 16.5 Å². The number of hydrogen-bond donors (Lipinski definition) is 2. The lowest BCUT2D eigenvalue weighted by Crippen LogP contribution is -2.44. The highest BCUT2D eigenvalue weighted by Gasteiger charge is 2.18. The maximum Gasteiger partial charge on any atom is 0.134 e. The Balaban J connectivity index is 1.42. The predicted molar refractivity (Wildman–Crippen MR) is 137 cm³/mol. The van der Waals surface area contributed by atoms with Crippen LogP contribution in [-0.2, 0) is 13.5 Å². The fourth-order valence-electron chi connectivity index (χ4n) is 4.54. The minimum atomic E-state index is 0.759. The van der Waals surface area contributed by atoms with E-state index in [0.717, 1.165) is 66.7 Å². The number of nitrogens with two attached hydrogens (primary N) is 1. The number of rotatable bonds is 5. The first kappa shape index (κ1) is 21.3. The molecule has 0 radical (unpaired) electrons. The lowest BCUT2D eigenvalue weighted by atomic mass is 10.1. The van der Waals surface area contributed by atoms with E-state index in [9.17, 15) is 0 Å². The number of nitrogen functional groups attached to an aromatic ring is 1. The van der Waals surface area contributed by atoms with Crippen LogP contribution in [0.1, 0.15) is 12.5 Å². The number of hydrogen-bond acceptors (Lipinski definition) is 6. The summed E-state index contributed by atoms with van der Waals surface area (Å²) in [5.74, 6) is 0.759. The Morgan fingerprint density at radius 1 is 0.970 bits per heavy atom. The zero-order chi connectivity index (χ0) is 22.9. The van der Waals surface area contributed by atoms with Gasteiger partial charge in [-0.15, -0.1) is 0 Å². The monoisotopic (exact) mass is 441 g/mol. The maximum atomic E-state index is 6.51. The molecular weight excluding hydrogens is 410 g/mol. The van der Waals surface area contributed by atoms with Crippen LogP contribution in [0.15, 0.2) is 55.0 Å². The van der Waals surface area contributed by atoms with Crippen LogP contribution in [0.3, 0.4) is 0 Å². The molecule has 2 aromatic carbocycles. The molecule has 3 N–H and O–H groups in total. The number of piperazine rings is 1. The fourth-order valence-corrected chi connectivity index (χ4v) is 4.54. The van der Waals surface area contributed by atoms with Crippen LogP contribution in [0, 0.1) is 0 Å². The molecule has 7 nitrogen and oxygen atoms in total. The Hall–Kier alpha value is -3.58. The van der Waals surface area contributed by atoms with Gasteiger partial charge in [-0.1, -0.05) is 13.0 Å². The molecule has 1 aliphatic rings. The quantitative estimate of drug-likeness (QED) is 0.451. The number of nitrogens with zero attached hydrogens (tertiary/aromatic N) is 5. The second-order valence-corrected chi connectivity index (χ2v) is 8.83. The number of likely N-dealkylation sites (N-methyl/N-ethyl adjacent to an activating group) is 1. The molecular formula is C26H31N7. The van der Waals surface area contributed by atoms with Gasteiger partial charge in [0.1, 0.15) is 12.1 Å². The number of fused-ring (bicyclic) bond motifs is 1. The van der Waals surface area contributed by atoms with Crippen molar-refractivity contribution in [1.82, 2.24) is 19.4 Å². The summed E-state index contributed by atoms with van der Waals surface area (Å²) in [6.07, 6.45) is 4.59. The van der Waals surface area contributed by atoms with Crippen LogP contribution in [-0.4, -0.2) is 52.7 Å². The molecule has 2 aromatic heterocycles. The Morgan fingerprint density at radius 2 is 1.79 bits per heavy atom. The molecule has 7 heteroatoms. The molecule has 0 unspecified atom stereocenters. The number of anilines is 4. The number of benzene rings is 2. The maximum absolute atomic E-state index is 6.51. The molecule has 4 aromatic rings. The summed E-state index contributed by atoms with van der Waals surface area (Å²) in [4.78, 5) is 13.7. The van der Waals surface area contributed by atoms with Crippen LogP contribution in [0.25, 0.3) is 22.2 Å². The first-order valence-electron chi connectivity index (χ1n) is 11.5. The van der Waals surface area contributed by atoms with Gasteiger partial charge >= 0.3 is 0 Å². The van der Waals surface area contributed by atoms with Gasteiger partial charge in [0.2, 0.25) is 0 Å². The summed E-state index contributed by atoms with van der Waals surface area (Å²) >= 11 is 0. The summed E-state index contributed by atoms with van der Waals surface area (Å²) in [6, 6.07) is 14.8. The summed E-state index contributed by atoms with van der Waals surface area (Å²) in [5.41, 5.74) is 13.8. The van der Waals surface area contributed by atoms with Crippen molar-refractivity contribution in [2.24, 2.45) is 7.05 Å². The van der Waals surface area contributed by atoms with Crippen molar-refractivity contribution in [3.63, 3.8) is 0 Å². The molecule has 0 saturated carbocycles. The zero-order valence-corrected chi connectivity index (χ0v) is 19.5. The summed E-state index contributed by atoms with van der Waals surface area (Å²) in [6.45, 7) is 6.28. The molecule has 5 rings (SSSR count). The van der Waals surface area contributed by atoms with E-state index in [4.69, 9.17) is 5.73 Å². The minimum Gasteiger partial charge on any atom is -0.397 e. The van der Waals surface area contributed by atoms with Crippen LogP contribution in [0.4, 0.5) is 22.9 Å². The highest BCUT2D eigenvalue weighted by molar-refractivity contribution is 5.85. The van der Waals surface area contributed by atoms with E-state index in [0.29, 0.717) is 0 Å². The normalized spacial score (nSPS) is 14.7. The van der Waals surface area contributed by atoms with Gasteiger partial charge in [0.15, 0.2) is 0 Å². The summed E-state index contributed by atoms with van der Waals surface area (Å²) < 4.78 is 2.12. The predicted octanol–water partition coefficient (Wildman–Crippen LogP) is 4.28. The lowest BCUT2D eigenvalue weighted by Gasteiger charge is -2.35. The Labute approximate surface area is 194 Å². The molecule has 3 heterocycles. The highest BCUT2D eigenvalue weighted by atomic mass is 15.3. The third-order valence-corrected chi connectivity index (χ3v) is 6.59. The van der Waals surface area contributed by atoms with E-state index >= 15 is 0 Å². The van der Waals surface area contributed by atoms with Gasteiger partial charge in [0.25, 0.3) is 0 Å². The van der Waals surface area contributed by atoms with Crippen molar-refractivity contribution < 1.29 is 0 Å². The van der Waals surface area contributed by atoms with Crippen LogP contribution in [0.2, 0.25) is 0 Å². The van der Waals surface area contributed by atoms with Crippen molar-refractivity contribution in [2.75, 3.05) is 49.2 Å². The van der Waals surface area contributed by atoms with Gasteiger partial charge in [-0.3, -0.25) is 0 Å². The standard InChI is InChI=1S/C26H31N7/c1-4-18-14-25(33-11-9-31(2)10-12-33)21(27)15-23(18)30-26-16-22(28-17-29-26)19-5-6-24-20(13-19)7-8-32(24)3/h5-8,13-17H,4,9-12,27H2,1-3H3,(H,28,29,30). The van der Waals surface area contributed by atoms with Gasteiger partial charge < -0.3 is 25.4 Å². The first-order valence-corrected chi connectivity index (χ1v) is 11.5. The average Bonchev–Trinajstić information content (AvgIpc) is 3.20. The van der Waals surface area contributed by atoms with Gasteiger partial charge in [-0.05, 0) is 49.4 Å². The van der Waals surface area contributed by atoms with Gasteiger partial charge in [-0.25, -0.2) is 9.97 Å². The molecule has 1 saturated heterocycles. The van der Waals surface area contributed by atoms with E-state index < -0.39 is 0 Å². The summed E-state index contributed by atoms with van der Waals surface area (Å²) in [5, 5.41) is 4.69. The summed E-state index contributed by atoms with van der Waals surface area (Å²) in [7, 11) is 4.22. The molecule has 1 fully saturated rings. The molecule has 0 atom stereocenters. The minimum absolute atomic E-state index is 0.759. The van der Waals surface area contributed by atoms with Crippen molar-refractivity contribution in [3.05, 3.63) is 60.6 Å². The van der Waals surface area contributed by atoms with E-state index in [2.05, 4.69) is 87.2 Å². The van der Waals surface area contributed by atoms with Crippen molar-refractivity contribution in [1.29, 1.82) is 0 Å². The third kappa shape index (κ3) is 4.24. The van der Waals surface area contributed by atoms with Crippen molar-refractivity contribution >= 4 is 33.8 Å². The van der Waals surface area contributed by atoms with Crippen LogP contribution < -0.4 is 16.0 Å². The fraction of sp³-hybridized carbons (Fsp3) is 0.308. The van der Waals surface area contributed by atoms with Crippen LogP contribution in [0.5, 0.6) is 0 Å². The SMILES string of the molecule is CCc1cc(N2CCN(C)CC2)c(N)cc1Nc1cc(-c2ccc3c(ccn3C)c2)ncn1. The van der Waals surface area contributed by atoms with E-state index in [-0.39, 0.29) is 0 Å². The Kier molecular flexibility index (Phi) is 5.64. The average molecular weight is 442 g/mol.